The average Bonchev–Trinajstić information content (AvgIpc) is 2.35. The Labute approximate surface area is 127 Å². The van der Waals surface area contributed by atoms with E-state index in [-0.39, 0.29) is 0 Å². The second-order valence-electron chi connectivity index (χ2n) is 4.81. The minimum absolute atomic E-state index is 0.480. The summed E-state index contributed by atoms with van der Waals surface area (Å²) in [5, 5.41) is 9.24. The number of pyridine rings is 1. The van der Waals surface area contributed by atoms with Crippen LogP contribution in [-0.2, 0) is 0 Å². The zero-order valence-corrected chi connectivity index (χ0v) is 13.5. The molecule has 0 saturated heterocycles. The molecule has 102 valence electrons. The minimum atomic E-state index is 0.480. The van der Waals surface area contributed by atoms with Crippen LogP contribution in [-0.4, -0.2) is 4.98 Å². The lowest BCUT2D eigenvalue weighted by Gasteiger charge is -2.12. The Morgan fingerprint density at radius 1 is 1.10 bits per heavy atom. The van der Waals surface area contributed by atoms with Gasteiger partial charge in [0.15, 0.2) is 0 Å². The van der Waals surface area contributed by atoms with Crippen LogP contribution in [0.5, 0.6) is 11.5 Å². The van der Waals surface area contributed by atoms with Gasteiger partial charge in [-0.05, 0) is 51.0 Å². The lowest BCUT2D eigenvalue weighted by Crippen LogP contribution is -1.97. The van der Waals surface area contributed by atoms with Gasteiger partial charge < -0.3 is 4.74 Å². The molecule has 1 aromatic heterocycles. The van der Waals surface area contributed by atoms with Gasteiger partial charge in [0, 0.05) is 16.2 Å². The first-order chi connectivity index (χ1) is 9.42. The van der Waals surface area contributed by atoms with Gasteiger partial charge in [-0.25, -0.2) is 0 Å². The third kappa shape index (κ3) is 2.83. The number of nitriles is 1. The Kier molecular flexibility index (Phi) is 4.10. The zero-order valence-electron chi connectivity index (χ0n) is 11.9. The summed E-state index contributed by atoms with van der Waals surface area (Å²) in [6, 6.07) is 7.84. The molecule has 0 fully saturated rings. The highest BCUT2D eigenvalue weighted by molar-refractivity contribution is 9.10. The van der Waals surface area contributed by atoms with Crippen molar-refractivity contribution in [2.45, 2.75) is 27.7 Å². The number of halogens is 1. The molecule has 0 aliphatic carbocycles. The molecule has 0 bridgehead atoms. The quantitative estimate of drug-likeness (QED) is 0.798. The van der Waals surface area contributed by atoms with Crippen molar-refractivity contribution in [1.29, 1.82) is 5.26 Å². The fourth-order valence-electron chi connectivity index (χ4n) is 2.10. The van der Waals surface area contributed by atoms with Crippen LogP contribution >= 0.6 is 15.9 Å². The lowest BCUT2D eigenvalue weighted by molar-refractivity contribution is 0.478. The van der Waals surface area contributed by atoms with Crippen LogP contribution in [0, 0.1) is 39.0 Å². The van der Waals surface area contributed by atoms with E-state index in [1.54, 1.807) is 6.07 Å². The molecule has 0 aliphatic heterocycles. The maximum Gasteiger partial charge on any atom is 0.148 e. The van der Waals surface area contributed by atoms with E-state index in [2.05, 4.69) is 27.0 Å². The van der Waals surface area contributed by atoms with Crippen molar-refractivity contribution in [3.05, 3.63) is 50.8 Å². The van der Waals surface area contributed by atoms with Gasteiger partial charge in [0.25, 0.3) is 0 Å². The minimum Gasteiger partial charge on any atom is -0.456 e. The Bertz CT molecular complexity index is 694. The summed E-state index contributed by atoms with van der Waals surface area (Å²) in [6.45, 7) is 7.73. The van der Waals surface area contributed by atoms with Crippen LogP contribution in [0.2, 0.25) is 0 Å². The fourth-order valence-corrected chi connectivity index (χ4v) is 2.33. The average molecular weight is 331 g/mol. The first kappa shape index (κ1) is 14.5. The largest absolute Gasteiger partial charge is 0.456 e. The molecule has 2 aromatic rings. The van der Waals surface area contributed by atoms with E-state index in [1.807, 2.05) is 39.8 Å². The second kappa shape index (κ2) is 5.64. The van der Waals surface area contributed by atoms with Crippen LogP contribution in [0.15, 0.2) is 22.7 Å². The fraction of sp³-hybridized carbons (Fsp3) is 0.250. The van der Waals surface area contributed by atoms with Crippen LogP contribution in [0.1, 0.15) is 28.1 Å². The number of hydrogen-bond acceptors (Lipinski definition) is 3. The summed E-state index contributed by atoms with van der Waals surface area (Å²) >= 11 is 3.53. The summed E-state index contributed by atoms with van der Waals surface area (Å²) in [5.41, 5.74) is 4.20. The molecular formula is C16H15BrN2O. The van der Waals surface area contributed by atoms with Crippen molar-refractivity contribution in [2.24, 2.45) is 0 Å². The maximum atomic E-state index is 9.24. The standard InChI is InChI=1S/C16H15BrN2O/c1-9-5-13(6-10(2)16(9)17)20-15-7-11(3)19-12(4)14(15)8-18/h5-7H,1-4H3. The first-order valence-corrected chi connectivity index (χ1v) is 7.04. The zero-order chi connectivity index (χ0) is 14.9. The molecular weight excluding hydrogens is 316 g/mol. The highest BCUT2D eigenvalue weighted by Crippen LogP contribution is 2.31. The molecule has 4 heteroatoms. The van der Waals surface area contributed by atoms with E-state index in [0.717, 1.165) is 27.0 Å². The summed E-state index contributed by atoms with van der Waals surface area (Å²) in [5.74, 6) is 1.28. The Balaban J connectivity index is 2.48. The van der Waals surface area contributed by atoms with Gasteiger partial charge in [-0.2, -0.15) is 5.26 Å². The van der Waals surface area contributed by atoms with E-state index in [4.69, 9.17) is 4.74 Å². The van der Waals surface area contributed by atoms with Crippen LogP contribution < -0.4 is 4.74 Å². The molecule has 20 heavy (non-hydrogen) atoms. The molecule has 0 unspecified atom stereocenters. The monoisotopic (exact) mass is 330 g/mol. The SMILES string of the molecule is Cc1cc(Oc2cc(C)c(Br)c(C)c2)c(C#N)c(C)n1. The first-order valence-electron chi connectivity index (χ1n) is 6.25. The van der Waals surface area contributed by atoms with Crippen LogP contribution in [0.25, 0.3) is 0 Å². The van der Waals surface area contributed by atoms with Crippen molar-refractivity contribution in [3.8, 4) is 17.6 Å². The van der Waals surface area contributed by atoms with E-state index in [1.165, 1.54) is 0 Å². The van der Waals surface area contributed by atoms with Gasteiger partial charge in [-0.15, -0.1) is 0 Å². The highest BCUT2D eigenvalue weighted by atomic mass is 79.9. The Hall–Kier alpha value is -1.86. The predicted molar refractivity (Wildman–Crippen MR) is 82.1 cm³/mol. The van der Waals surface area contributed by atoms with Crippen LogP contribution in [0.4, 0.5) is 0 Å². The highest BCUT2D eigenvalue weighted by Gasteiger charge is 2.11. The van der Waals surface area contributed by atoms with Crippen LogP contribution in [0.3, 0.4) is 0 Å². The molecule has 3 nitrogen and oxygen atoms in total. The molecule has 2 rings (SSSR count). The summed E-state index contributed by atoms with van der Waals surface area (Å²) < 4.78 is 6.97. The lowest BCUT2D eigenvalue weighted by atomic mass is 10.1. The smallest absolute Gasteiger partial charge is 0.148 e. The number of hydrogen-bond donors (Lipinski definition) is 0. The molecule has 0 aliphatic rings. The van der Waals surface area contributed by atoms with Gasteiger partial charge >= 0.3 is 0 Å². The number of aromatic nitrogens is 1. The summed E-state index contributed by atoms with van der Waals surface area (Å²) in [7, 11) is 0. The molecule has 0 atom stereocenters. The second-order valence-corrected chi connectivity index (χ2v) is 5.60. The number of ether oxygens (including phenoxy) is 1. The number of aryl methyl sites for hydroxylation is 4. The third-order valence-electron chi connectivity index (χ3n) is 3.04. The molecule has 1 aromatic carbocycles. The Morgan fingerprint density at radius 2 is 1.70 bits per heavy atom. The van der Waals surface area contributed by atoms with Crippen molar-refractivity contribution in [1.82, 2.24) is 4.98 Å². The van der Waals surface area contributed by atoms with Gasteiger partial charge in [-0.3, -0.25) is 4.98 Å². The number of rotatable bonds is 2. The molecule has 1 heterocycles. The normalized spacial score (nSPS) is 10.2. The van der Waals surface area contributed by atoms with Gasteiger partial charge in [0.1, 0.15) is 23.1 Å². The van der Waals surface area contributed by atoms with E-state index < -0.39 is 0 Å². The third-order valence-corrected chi connectivity index (χ3v) is 4.29. The maximum absolute atomic E-state index is 9.24. The molecule has 0 spiro atoms. The van der Waals surface area contributed by atoms with Crippen molar-refractivity contribution in [2.75, 3.05) is 0 Å². The van der Waals surface area contributed by atoms with Crippen molar-refractivity contribution < 1.29 is 4.74 Å². The molecule has 0 amide bonds. The van der Waals surface area contributed by atoms with Crippen molar-refractivity contribution in [3.63, 3.8) is 0 Å². The summed E-state index contributed by atoms with van der Waals surface area (Å²) in [6.07, 6.45) is 0. The molecule has 0 radical (unpaired) electrons. The summed E-state index contributed by atoms with van der Waals surface area (Å²) in [4.78, 5) is 4.29. The molecule has 0 saturated carbocycles. The van der Waals surface area contributed by atoms with Crippen molar-refractivity contribution >= 4 is 15.9 Å². The van der Waals surface area contributed by atoms with E-state index >= 15 is 0 Å². The predicted octanol–water partition coefficient (Wildman–Crippen LogP) is 4.74. The number of nitrogens with zero attached hydrogens (tertiary/aromatic N) is 2. The number of benzene rings is 1. The van der Waals surface area contributed by atoms with E-state index in [0.29, 0.717) is 17.0 Å². The van der Waals surface area contributed by atoms with Gasteiger partial charge in [0.05, 0.1) is 5.69 Å². The van der Waals surface area contributed by atoms with E-state index in [9.17, 15) is 5.26 Å². The van der Waals surface area contributed by atoms with Gasteiger partial charge in [-0.1, -0.05) is 15.9 Å². The Morgan fingerprint density at radius 3 is 2.25 bits per heavy atom. The van der Waals surface area contributed by atoms with Gasteiger partial charge in [0.2, 0.25) is 0 Å². The molecule has 0 N–H and O–H groups in total. The topological polar surface area (TPSA) is 45.9 Å².